The van der Waals surface area contributed by atoms with Crippen molar-refractivity contribution in [3.63, 3.8) is 0 Å². The van der Waals surface area contributed by atoms with E-state index in [0.29, 0.717) is 30.0 Å². The van der Waals surface area contributed by atoms with Gasteiger partial charge in [0.05, 0.1) is 20.3 Å². The maximum absolute atomic E-state index is 10.1. The van der Waals surface area contributed by atoms with Gasteiger partial charge < -0.3 is 25.0 Å². The molecule has 2 unspecified atom stereocenters. The highest BCUT2D eigenvalue weighted by atomic mass is 16.5. The Morgan fingerprint density at radius 1 is 1.11 bits per heavy atom. The van der Waals surface area contributed by atoms with Gasteiger partial charge >= 0.3 is 0 Å². The van der Waals surface area contributed by atoms with Gasteiger partial charge in [-0.25, -0.2) is 0 Å². The number of hydrogen-bond donors (Lipinski definition) is 3. The zero-order valence-corrected chi connectivity index (χ0v) is 11.0. The van der Waals surface area contributed by atoms with Crippen LogP contribution in [-0.4, -0.2) is 44.1 Å². The molecule has 0 aliphatic rings. The van der Waals surface area contributed by atoms with Gasteiger partial charge in [0.1, 0.15) is 17.6 Å². The summed E-state index contributed by atoms with van der Waals surface area (Å²) < 4.78 is 10.2. The number of aliphatic hydroxyl groups excluding tert-OH is 2. The molecule has 0 spiro atoms. The lowest BCUT2D eigenvalue weighted by Crippen LogP contribution is -2.23. The van der Waals surface area contributed by atoms with Crippen LogP contribution < -0.4 is 14.8 Å². The quantitative estimate of drug-likeness (QED) is 0.669. The molecule has 3 N–H and O–H groups in total. The SMILES string of the molecule is CNCCC(O)C(O)c1cc(OC)cc(OC)c1. The Morgan fingerprint density at radius 2 is 1.67 bits per heavy atom. The number of benzene rings is 1. The van der Waals surface area contributed by atoms with Crippen LogP contribution in [0.3, 0.4) is 0 Å². The molecule has 0 fully saturated rings. The molecule has 0 saturated carbocycles. The van der Waals surface area contributed by atoms with Gasteiger partial charge in [-0.3, -0.25) is 0 Å². The number of aliphatic hydroxyl groups is 2. The van der Waals surface area contributed by atoms with E-state index in [9.17, 15) is 10.2 Å². The fourth-order valence-electron chi connectivity index (χ4n) is 1.67. The van der Waals surface area contributed by atoms with Gasteiger partial charge in [-0.05, 0) is 37.7 Å². The summed E-state index contributed by atoms with van der Waals surface area (Å²) in [6.07, 6.45) is -1.31. The number of ether oxygens (including phenoxy) is 2. The lowest BCUT2D eigenvalue weighted by atomic mass is 10.0. The predicted octanol–water partition coefficient (Wildman–Crippen LogP) is 0.708. The minimum atomic E-state index is -0.956. The molecule has 0 heterocycles. The summed E-state index contributed by atoms with van der Waals surface area (Å²) in [6.45, 7) is 0.638. The lowest BCUT2D eigenvalue weighted by Gasteiger charge is -2.19. The highest BCUT2D eigenvalue weighted by molar-refractivity contribution is 5.39. The summed E-state index contributed by atoms with van der Waals surface area (Å²) in [6, 6.07) is 5.10. The van der Waals surface area contributed by atoms with Crippen molar-refractivity contribution in [1.82, 2.24) is 5.32 Å². The van der Waals surface area contributed by atoms with Crippen molar-refractivity contribution in [2.75, 3.05) is 27.8 Å². The second-order valence-electron chi connectivity index (χ2n) is 4.05. The standard InChI is InChI=1S/C13H21NO4/c1-14-5-4-12(15)13(16)9-6-10(17-2)8-11(7-9)18-3/h6-8,12-16H,4-5H2,1-3H3. The van der Waals surface area contributed by atoms with Crippen LogP contribution in [0, 0.1) is 0 Å². The Hall–Kier alpha value is -1.30. The van der Waals surface area contributed by atoms with Crippen molar-refractivity contribution in [1.29, 1.82) is 0 Å². The third-order valence-electron chi connectivity index (χ3n) is 2.77. The van der Waals surface area contributed by atoms with E-state index in [-0.39, 0.29) is 0 Å². The minimum Gasteiger partial charge on any atom is -0.497 e. The Bertz CT molecular complexity index is 348. The molecule has 0 aliphatic heterocycles. The van der Waals surface area contributed by atoms with Crippen molar-refractivity contribution < 1.29 is 19.7 Å². The van der Waals surface area contributed by atoms with E-state index < -0.39 is 12.2 Å². The van der Waals surface area contributed by atoms with Crippen molar-refractivity contribution >= 4 is 0 Å². The Labute approximate surface area is 107 Å². The Balaban J connectivity index is 2.86. The van der Waals surface area contributed by atoms with Gasteiger partial charge in [-0.1, -0.05) is 0 Å². The molecule has 1 aromatic carbocycles. The van der Waals surface area contributed by atoms with E-state index >= 15 is 0 Å². The molecular weight excluding hydrogens is 234 g/mol. The third-order valence-corrected chi connectivity index (χ3v) is 2.77. The summed E-state index contributed by atoms with van der Waals surface area (Å²) in [5.41, 5.74) is 0.579. The predicted molar refractivity (Wildman–Crippen MR) is 69.1 cm³/mol. The van der Waals surface area contributed by atoms with E-state index in [4.69, 9.17) is 9.47 Å². The first-order chi connectivity index (χ1) is 8.62. The molecular formula is C13H21NO4. The van der Waals surface area contributed by atoms with Crippen LogP contribution >= 0.6 is 0 Å². The molecule has 0 aliphatic carbocycles. The van der Waals surface area contributed by atoms with E-state index in [0.717, 1.165) is 0 Å². The summed E-state index contributed by atoms with van der Waals surface area (Å²) in [5.74, 6) is 1.17. The Kier molecular flexibility index (Phi) is 5.91. The lowest BCUT2D eigenvalue weighted by molar-refractivity contribution is 0.0138. The highest BCUT2D eigenvalue weighted by Crippen LogP contribution is 2.28. The van der Waals surface area contributed by atoms with Crippen molar-refractivity contribution in [2.24, 2.45) is 0 Å². The molecule has 18 heavy (non-hydrogen) atoms. The summed E-state index contributed by atoms with van der Waals surface area (Å²) in [5, 5.41) is 22.9. The maximum Gasteiger partial charge on any atom is 0.122 e. The molecule has 1 aromatic rings. The summed E-state index contributed by atoms with van der Waals surface area (Å²) in [4.78, 5) is 0. The van der Waals surface area contributed by atoms with Crippen LogP contribution in [0.1, 0.15) is 18.1 Å². The van der Waals surface area contributed by atoms with Crippen molar-refractivity contribution in [2.45, 2.75) is 18.6 Å². The maximum atomic E-state index is 10.1. The van der Waals surface area contributed by atoms with E-state index in [2.05, 4.69) is 5.32 Å². The van der Waals surface area contributed by atoms with E-state index in [1.165, 1.54) is 0 Å². The summed E-state index contributed by atoms with van der Waals surface area (Å²) in [7, 11) is 4.89. The third kappa shape index (κ3) is 3.87. The first-order valence-electron chi connectivity index (χ1n) is 5.86. The van der Waals surface area contributed by atoms with Crippen LogP contribution in [0.25, 0.3) is 0 Å². The normalized spacial score (nSPS) is 14.1. The number of rotatable bonds is 7. The Morgan fingerprint density at radius 3 is 2.11 bits per heavy atom. The first-order valence-corrected chi connectivity index (χ1v) is 5.86. The second-order valence-corrected chi connectivity index (χ2v) is 4.05. The van der Waals surface area contributed by atoms with Gasteiger partial charge in [0.25, 0.3) is 0 Å². The van der Waals surface area contributed by atoms with Gasteiger partial charge in [0, 0.05) is 6.07 Å². The van der Waals surface area contributed by atoms with Gasteiger partial charge in [-0.2, -0.15) is 0 Å². The highest BCUT2D eigenvalue weighted by Gasteiger charge is 2.19. The molecule has 0 saturated heterocycles. The van der Waals surface area contributed by atoms with Gasteiger partial charge in [0.15, 0.2) is 0 Å². The van der Waals surface area contributed by atoms with Crippen LogP contribution in [0.2, 0.25) is 0 Å². The van der Waals surface area contributed by atoms with Crippen LogP contribution in [0.15, 0.2) is 18.2 Å². The zero-order valence-electron chi connectivity index (χ0n) is 11.0. The first kappa shape index (κ1) is 14.8. The fourth-order valence-corrected chi connectivity index (χ4v) is 1.67. The molecule has 0 radical (unpaired) electrons. The fraction of sp³-hybridized carbons (Fsp3) is 0.538. The average molecular weight is 255 g/mol. The smallest absolute Gasteiger partial charge is 0.122 e. The molecule has 5 nitrogen and oxygen atoms in total. The summed E-state index contributed by atoms with van der Waals surface area (Å²) >= 11 is 0. The largest absolute Gasteiger partial charge is 0.497 e. The zero-order chi connectivity index (χ0) is 13.5. The monoisotopic (exact) mass is 255 g/mol. The van der Waals surface area contributed by atoms with Crippen molar-refractivity contribution in [3.05, 3.63) is 23.8 Å². The molecule has 1 rings (SSSR count). The number of nitrogens with one attached hydrogen (secondary N) is 1. The van der Waals surface area contributed by atoms with Crippen LogP contribution in [-0.2, 0) is 0 Å². The number of methoxy groups -OCH3 is 2. The van der Waals surface area contributed by atoms with Crippen LogP contribution in [0.5, 0.6) is 11.5 Å². The minimum absolute atomic E-state index is 0.469. The van der Waals surface area contributed by atoms with E-state index in [1.807, 2.05) is 0 Å². The molecule has 102 valence electrons. The van der Waals surface area contributed by atoms with Crippen LogP contribution in [0.4, 0.5) is 0 Å². The average Bonchev–Trinajstić information content (AvgIpc) is 2.43. The van der Waals surface area contributed by atoms with Crippen molar-refractivity contribution in [3.8, 4) is 11.5 Å². The molecule has 0 bridgehead atoms. The van der Waals surface area contributed by atoms with Gasteiger partial charge in [-0.15, -0.1) is 0 Å². The molecule has 5 heteroatoms. The molecule has 0 aromatic heterocycles. The van der Waals surface area contributed by atoms with Gasteiger partial charge in [0.2, 0.25) is 0 Å². The molecule has 2 atom stereocenters. The second kappa shape index (κ2) is 7.20. The van der Waals surface area contributed by atoms with E-state index in [1.54, 1.807) is 39.5 Å². The topological polar surface area (TPSA) is 71.0 Å². The number of hydrogen-bond acceptors (Lipinski definition) is 5. The molecule has 0 amide bonds.